The molecule has 0 aliphatic heterocycles. The molecule has 0 saturated carbocycles. The number of aliphatic hydroxyl groups excluding tert-OH is 1. The fraction of sp³-hybridized carbons (Fsp3) is 0.240. The summed E-state index contributed by atoms with van der Waals surface area (Å²) in [7, 11) is -3.56. The van der Waals surface area contributed by atoms with Gasteiger partial charge in [-0.25, -0.2) is 13.2 Å². The number of phenols is 1. The van der Waals surface area contributed by atoms with E-state index in [1.54, 1.807) is 19.1 Å². The third-order valence-electron chi connectivity index (χ3n) is 5.23. The molecular formula is C25H28N2O7S. The van der Waals surface area contributed by atoms with Crippen LogP contribution in [0.25, 0.3) is 11.1 Å². The predicted octanol–water partition coefficient (Wildman–Crippen LogP) is 3.14. The van der Waals surface area contributed by atoms with Crippen LogP contribution in [0.4, 0.5) is 5.69 Å². The van der Waals surface area contributed by atoms with Crippen LogP contribution in [0, 0.1) is 6.92 Å². The molecule has 0 saturated heterocycles. The van der Waals surface area contributed by atoms with E-state index in [4.69, 9.17) is 9.84 Å². The summed E-state index contributed by atoms with van der Waals surface area (Å²) in [4.78, 5) is 11.2. The van der Waals surface area contributed by atoms with Gasteiger partial charge in [0.1, 0.15) is 18.1 Å². The molecule has 0 aromatic heterocycles. The molecule has 10 heteroatoms. The van der Waals surface area contributed by atoms with Gasteiger partial charge in [-0.1, -0.05) is 30.3 Å². The van der Waals surface area contributed by atoms with Gasteiger partial charge < -0.3 is 25.4 Å². The van der Waals surface area contributed by atoms with Crippen molar-refractivity contribution in [2.45, 2.75) is 13.0 Å². The lowest BCUT2D eigenvalue weighted by molar-refractivity contribution is 0.0696. The molecule has 0 heterocycles. The maximum atomic E-state index is 11.4. The minimum Gasteiger partial charge on any atom is -0.506 e. The number of hydrogen-bond donors (Lipinski definition) is 5. The van der Waals surface area contributed by atoms with Crippen LogP contribution in [0.15, 0.2) is 60.7 Å². The lowest BCUT2D eigenvalue weighted by Gasteiger charge is -2.15. The molecular weight excluding hydrogens is 472 g/mol. The summed E-state index contributed by atoms with van der Waals surface area (Å²) in [5, 5.41) is 32.4. The first kappa shape index (κ1) is 26.0. The fourth-order valence-electron chi connectivity index (χ4n) is 3.47. The molecule has 0 aliphatic rings. The van der Waals surface area contributed by atoms with E-state index < -0.39 is 22.1 Å². The van der Waals surface area contributed by atoms with Crippen LogP contribution in [0.1, 0.15) is 27.6 Å². The Bertz CT molecular complexity index is 1290. The van der Waals surface area contributed by atoms with Crippen molar-refractivity contribution in [1.29, 1.82) is 0 Å². The standard InChI is InChI=1S/C25H28N2O7S/c1-16-13-18(5-9-21(16)25(30)31)17-3-7-20(8-4-17)34-12-11-26-15-24(29)19-6-10-23(28)22(14-19)27-35(2,32)33/h3-10,13-14,24,26-29H,11-12,15H2,1-2H3,(H,30,31)/t24-/m1/s1. The average molecular weight is 501 g/mol. The molecule has 3 rings (SSSR count). The second-order valence-electron chi connectivity index (χ2n) is 8.08. The number of benzene rings is 3. The summed E-state index contributed by atoms with van der Waals surface area (Å²) in [6.07, 6.45) is 0.0651. The Morgan fingerprint density at radius 2 is 1.71 bits per heavy atom. The summed E-state index contributed by atoms with van der Waals surface area (Å²) < 4.78 is 30.7. The van der Waals surface area contributed by atoms with E-state index in [-0.39, 0.29) is 23.5 Å². The first-order chi connectivity index (χ1) is 16.5. The summed E-state index contributed by atoms with van der Waals surface area (Å²) in [6, 6.07) is 16.9. The van der Waals surface area contributed by atoms with Crippen molar-refractivity contribution < 1.29 is 33.3 Å². The SMILES string of the molecule is Cc1cc(-c2ccc(OCCNC[C@@H](O)c3ccc(O)c(NS(C)(=O)=O)c3)cc2)ccc1C(=O)O. The van der Waals surface area contributed by atoms with Crippen LogP contribution in [0.5, 0.6) is 11.5 Å². The van der Waals surface area contributed by atoms with E-state index in [2.05, 4.69) is 10.0 Å². The molecule has 0 bridgehead atoms. The Morgan fingerprint density at radius 3 is 2.34 bits per heavy atom. The second kappa shape index (κ2) is 11.2. The number of phenolic OH excluding ortho intramolecular Hbond substituents is 1. The first-order valence-electron chi connectivity index (χ1n) is 10.8. The highest BCUT2D eigenvalue weighted by atomic mass is 32.2. The number of sulfonamides is 1. The third kappa shape index (κ3) is 7.44. The smallest absolute Gasteiger partial charge is 0.335 e. The molecule has 186 valence electrons. The highest BCUT2D eigenvalue weighted by Crippen LogP contribution is 2.28. The van der Waals surface area contributed by atoms with Crippen molar-refractivity contribution in [2.24, 2.45) is 0 Å². The van der Waals surface area contributed by atoms with Crippen molar-refractivity contribution in [3.8, 4) is 22.6 Å². The number of aromatic carboxylic acids is 1. The van der Waals surface area contributed by atoms with Gasteiger partial charge in [0.05, 0.1) is 23.6 Å². The minimum atomic E-state index is -3.56. The maximum Gasteiger partial charge on any atom is 0.335 e. The van der Waals surface area contributed by atoms with Gasteiger partial charge in [-0.3, -0.25) is 4.72 Å². The first-order valence-corrected chi connectivity index (χ1v) is 12.7. The Balaban J connectivity index is 1.47. The summed E-state index contributed by atoms with van der Waals surface area (Å²) in [5.41, 5.74) is 3.28. The van der Waals surface area contributed by atoms with Gasteiger partial charge in [0.15, 0.2) is 0 Å². The number of nitrogens with one attached hydrogen (secondary N) is 2. The minimum absolute atomic E-state index is 0.00354. The molecule has 9 nitrogen and oxygen atoms in total. The van der Waals surface area contributed by atoms with Crippen molar-refractivity contribution >= 4 is 21.7 Å². The number of aromatic hydroxyl groups is 1. The van der Waals surface area contributed by atoms with Gasteiger partial charge in [0.25, 0.3) is 0 Å². The largest absolute Gasteiger partial charge is 0.506 e. The van der Waals surface area contributed by atoms with Crippen LogP contribution in [-0.2, 0) is 10.0 Å². The van der Waals surface area contributed by atoms with Gasteiger partial charge >= 0.3 is 5.97 Å². The Kier molecular flexibility index (Phi) is 8.34. The van der Waals surface area contributed by atoms with E-state index in [9.17, 15) is 23.4 Å². The molecule has 0 aliphatic carbocycles. The molecule has 0 unspecified atom stereocenters. The van der Waals surface area contributed by atoms with Crippen molar-refractivity contribution in [1.82, 2.24) is 5.32 Å². The van der Waals surface area contributed by atoms with Gasteiger partial charge in [-0.15, -0.1) is 0 Å². The number of rotatable bonds is 11. The predicted molar refractivity (Wildman–Crippen MR) is 133 cm³/mol. The molecule has 0 spiro atoms. The van der Waals surface area contributed by atoms with Crippen LogP contribution in [-0.4, -0.2) is 55.7 Å². The normalized spacial score (nSPS) is 12.2. The van der Waals surface area contributed by atoms with Crippen LogP contribution < -0.4 is 14.8 Å². The molecule has 0 amide bonds. The van der Waals surface area contributed by atoms with E-state index in [0.29, 0.717) is 30.0 Å². The Hall–Kier alpha value is -3.60. The molecule has 0 radical (unpaired) electrons. The maximum absolute atomic E-state index is 11.4. The topological polar surface area (TPSA) is 145 Å². The fourth-order valence-corrected chi connectivity index (χ4v) is 4.03. The quantitative estimate of drug-likeness (QED) is 0.199. The van der Waals surface area contributed by atoms with Crippen LogP contribution in [0.3, 0.4) is 0 Å². The van der Waals surface area contributed by atoms with Gasteiger partial charge in [0, 0.05) is 13.1 Å². The Labute approximate surface area is 204 Å². The Morgan fingerprint density at radius 1 is 1.03 bits per heavy atom. The molecule has 3 aromatic rings. The average Bonchev–Trinajstić information content (AvgIpc) is 2.79. The third-order valence-corrected chi connectivity index (χ3v) is 5.82. The van der Waals surface area contributed by atoms with E-state index in [0.717, 1.165) is 17.4 Å². The lowest BCUT2D eigenvalue weighted by atomic mass is 10.00. The molecule has 0 fully saturated rings. The summed E-state index contributed by atoms with van der Waals surface area (Å²) in [5.74, 6) is -0.508. The zero-order valence-electron chi connectivity index (χ0n) is 19.4. The van der Waals surface area contributed by atoms with Gasteiger partial charge in [-0.2, -0.15) is 0 Å². The molecule has 35 heavy (non-hydrogen) atoms. The number of hydrogen-bond acceptors (Lipinski definition) is 7. The van der Waals surface area contributed by atoms with E-state index in [1.807, 2.05) is 30.3 Å². The lowest BCUT2D eigenvalue weighted by Crippen LogP contribution is -2.26. The number of aryl methyl sites for hydroxylation is 1. The molecule has 5 N–H and O–H groups in total. The zero-order valence-corrected chi connectivity index (χ0v) is 20.2. The highest BCUT2D eigenvalue weighted by molar-refractivity contribution is 7.92. The number of anilines is 1. The highest BCUT2D eigenvalue weighted by Gasteiger charge is 2.13. The van der Waals surface area contributed by atoms with Crippen LogP contribution >= 0.6 is 0 Å². The monoisotopic (exact) mass is 500 g/mol. The number of carbonyl (C=O) groups is 1. The number of ether oxygens (including phenoxy) is 1. The molecule has 3 aromatic carbocycles. The number of carboxylic acid groups (broad SMARTS) is 1. The van der Waals surface area contributed by atoms with E-state index >= 15 is 0 Å². The van der Waals surface area contributed by atoms with Gasteiger partial charge in [0.2, 0.25) is 10.0 Å². The van der Waals surface area contributed by atoms with Crippen molar-refractivity contribution in [3.05, 3.63) is 77.4 Å². The second-order valence-corrected chi connectivity index (χ2v) is 9.83. The van der Waals surface area contributed by atoms with E-state index in [1.165, 1.54) is 18.2 Å². The van der Waals surface area contributed by atoms with Crippen molar-refractivity contribution in [3.63, 3.8) is 0 Å². The van der Waals surface area contributed by atoms with Crippen LogP contribution in [0.2, 0.25) is 0 Å². The summed E-state index contributed by atoms with van der Waals surface area (Å²) in [6.45, 7) is 2.79. The molecule has 1 atom stereocenters. The zero-order chi connectivity index (χ0) is 25.6. The summed E-state index contributed by atoms with van der Waals surface area (Å²) >= 11 is 0. The van der Waals surface area contributed by atoms with Crippen molar-refractivity contribution in [2.75, 3.05) is 30.7 Å². The van der Waals surface area contributed by atoms with Gasteiger partial charge in [-0.05, 0) is 59.5 Å². The number of carboxylic acids is 1. The number of aliphatic hydroxyl groups is 1.